The number of hydrogen-bond acceptors (Lipinski definition) is 16. The zero-order valence-corrected chi connectivity index (χ0v) is 37.4. The number of aromatic amines is 1. The predicted octanol–water partition coefficient (Wildman–Crippen LogP) is 3.68. The summed E-state index contributed by atoms with van der Waals surface area (Å²) in [5.74, 6) is -0.466. The molecule has 7 rings (SSSR count). The summed E-state index contributed by atoms with van der Waals surface area (Å²) in [5, 5.41) is 13.8. The maximum Gasteiger partial charge on any atom is 0.305 e. The number of ether oxygens (including phenoxy) is 2. The van der Waals surface area contributed by atoms with Gasteiger partial charge in [0.15, 0.2) is 15.7 Å². The van der Waals surface area contributed by atoms with Crippen LogP contribution in [0.5, 0.6) is 5.75 Å². The molecule has 1 fully saturated rings. The van der Waals surface area contributed by atoms with Gasteiger partial charge in [-0.25, -0.2) is 28.4 Å². The maximum atomic E-state index is 13.9. The number of amides is 3. The highest BCUT2D eigenvalue weighted by Gasteiger charge is 2.38. The summed E-state index contributed by atoms with van der Waals surface area (Å²) in [7, 11) is -2.60. The molecule has 5 heterocycles. The number of aromatic nitrogens is 6. The van der Waals surface area contributed by atoms with Crippen molar-refractivity contribution in [3.05, 3.63) is 77.0 Å². The second kappa shape index (κ2) is 18.5. The molecule has 1 atom stereocenters. The Morgan fingerprint density at radius 1 is 1.00 bits per heavy atom. The molecular weight excluding hydrogens is 845 g/mol. The zero-order chi connectivity index (χ0) is 45.9. The van der Waals surface area contributed by atoms with Crippen LogP contribution in [0.15, 0.2) is 53.9 Å². The second-order valence-corrected chi connectivity index (χ2v) is 19.3. The number of aryl methyl sites for hydroxylation is 1. The van der Waals surface area contributed by atoms with Gasteiger partial charge in [0, 0.05) is 97.6 Å². The molecule has 338 valence electrons. The van der Waals surface area contributed by atoms with Gasteiger partial charge in [0.2, 0.25) is 11.9 Å². The molecule has 64 heavy (non-hydrogen) atoms. The number of carbonyl (C=O) groups excluding carboxylic acids is 4. The predicted molar refractivity (Wildman–Crippen MR) is 237 cm³/mol. The number of piperazine rings is 1. The molecule has 5 aromatic rings. The Morgan fingerprint density at radius 3 is 2.39 bits per heavy atom. The molecule has 20 nitrogen and oxygen atoms in total. The summed E-state index contributed by atoms with van der Waals surface area (Å²) in [5.41, 5.74) is 9.39. The minimum absolute atomic E-state index is 0.00329. The highest BCUT2D eigenvalue weighted by Crippen LogP contribution is 2.38. The Hall–Kier alpha value is -6.74. The van der Waals surface area contributed by atoms with Crippen LogP contribution in [0.2, 0.25) is 0 Å². The molecule has 0 saturated carbocycles. The first-order valence-electron chi connectivity index (χ1n) is 20.8. The number of nitrogens with one attached hydrogen (secondary N) is 3. The van der Waals surface area contributed by atoms with Crippen molar-refractivity contribution < 1.29 is 37.1 Å². The number of nitrogens with two attached hydrogens (primary N) is 1. The number of H-pyrrole nitrogens is 1. The molecule has 0 spiro atoms. The smallest absolute Gasteiger partial charge is 0.305 e. The Kier molecular flexibility index (Phi) is 13.1. The van der Waals surface area contributed by atoms with Gasteiger partial charge in [-0.05, 0) is 65.7 Å². The van der Waals surface area contributed by atoms with Crippen LogP contribution in [-0.2, 0) is 30.7 Å². The highest BCUT2D eigenvalue weighted by molar-refractivity contribution is 7.92. The SMILES string of the molecule is COC(=O)CC[C@@H](C(N)=O)N1Cc2c(NC(=O)c3cnc(N4CCN(CCCOc5cc6ncnc(Nc7n[nH]c(C)c7C)c6cc5S(=O)(=O)C(C)(C)C)CC4)nc3)cccc2C1=O. The van der Waals surface area contributed by atoms with E-state index in [2.05, 4.69) is 50.4 Å². The number of anilines is 4. The molecule has 3 aromatic heterocycles. The van der Waals surface area contributed by atoms with Crippen LogP contribution in [0.3, 0.4) is 0 Å². The minimum Gasteiger partial charge on any atom is -0.492 e. The molecule has 2 aromatic carbocycles. The van der Waals surface area contributed by atoms with Crippen LogP contribution in [-0.4, -0.2) is 129 Å². The zero-order valence-electron chi connectivity index (χ0n) is 36.6. The number of hydrogen-bond donors (Lipinski definition) is 4. The van der Waals surface area contributed by atoms with Crippen molar-refractivity contribution in [1.29, 1.82) is 0 Å². The maximum absolute atomic E-state index is 13.9. The third-order valence-electron chi connectivity index (χ3n) is 11.5. The molecule has 2 aliphatic rings. The number of methoxy groups -OCH3 is 1. The molecule has 0 aliphatic carbocycles. The first-order valence-corrected chi connectivity index (χ1v) is 22.3. The van der Waals surface area contributed by atoms with E-state index in [-0.39, 0.29) is 42.2 Å². The van der Waals surface area contributed by atoms with E-state index in [1.165, 1.54) is 30.7 Å². The Bertz CT molecular complexity index is 2690. The molecule has 2 aliphatic heterocycles. The quantitative estimate of drug-likeness (QED) is 0.0813. The topological polar surface area (TPSA) is 261 Å². The third-order valence-corrected chi connectivity index (χ3v) is 14.0. The van der Waals surface area contributed by atoms with Gasteiger partial charge < -0.3 is 35.6 Å². The Morgan fingerprint density at radius 2 is 1.73 bits per heavy atom. The van der Waals surface area contributed by atoms with E-state index >= 15 is 0 Å². The molecule has 5 N–H and O–H groups in total. The molecule has 3 amide bonds. The fourth-order valence-corrected chi connectivity index (χ4v) is 8.82. The van der Waals surface area contributed by atoms with Gasteiger partial charge in [-0.1, -0.05) is 6.07 Å². The third kappa shape index (κ3) is 9.44. The minimum atomic E-state index is -3.84. The average Bonchev–Trinajstić information content (AvgIpc) is 3.78. The van der Waals surface area contributed by atoms with Gasteiger partial charge in [0.1, 0.15) is 28.8 Å². The second-order valence-electron chi connectivity index (χ2n) is 16.7. The molecule has 0 unspecified atom stereocenters. The number of benzene rings is 2. The lowest BCUT2D eigenvalue weighted by Crippen LogP contribution is -2.47. The fourth-order valence-electron chi connectivity index (χ4n) is 7.50. The van der Waals surface area contributed by atoms with Crippen LogP contribution in [0, 0.1) is 13.8 Å². The van der Waals surface area contributed by atoms with Gasteiger partial charge in [-0.15, -0.1) is 0 Å². The Labute approximate surface area is 370 Å². The van der Waals surface area contributed by atoms with Crippen molar-refractivity contribution in [3.63, 3.8) is 0 Å². The summed E-state index contributed by atoms with van der Waals surface area (Å²) in [4.78, 5) is 74.1. The van der Waals surface area contributed by atoms with E-state index < -0.39 is 44.3 Å². The standard InChI is InChI=1S/C43H52N12O8S/c1-25-26(2)51-52-38(25)50-39-29-19-35(64(60,61)43(3,4)5)34(20-32(29)47-24-48-39)63-18-8-13-53-14-16-54(17-15-53)42-45-21-27(22-46-42)40(58)49-31-10-7-9-28-30(31)23-55(41(28)59)33(37(44)57)11-12-36(56)62-6/h7,9-10,19-22,24,33H,8,11-18,23H2,1-6H3,(H2,44,57)(H,49,58)(H2,47,48,50,51,52)/t33-/m0/s1. The summed E-state index contributed by atoms with van der Waals surface area (Å²) in [6, 6.07) is 7.10. The Balaban J connectivity index is 0.929. The lowest BCUT2D eigenvalue weighted by molar-refractivity contribution is -0.141. The van der Waals surface area contributed by atoms with Crippen molar-refractivity contribution in [1.82, 2.24) is 39.9 Å². The average molecular weight is 897 g/mol. The number of carbonyl (C=O) groups is 4. The van der Waals surface area contributed by atoms with Crippen LogP contribution >= 0.6 is 0 Å². The van der Waals surface area contributed by atoms with E-state index in [4.69, 9.17) is 10.5 Å². The van der Waals surface area contributed by atoms with E-state index in [9.17, 15) is 27.6 Å². The fraction of sp³-hybridized carbons (Fsp3) is 0.419. The van der Waals surface area contributed by atoms with Crippen molar-refractivity contribution in [2.75, 3.05) is 62.0 Å². The van der Waals surface area contributed by atoms with Gasteiger partial charge in [0.05, 0.1) is 29.5 Å². The number of rotatable bonds is 16. The van der Waals surface area contributed by atoms with Crippen LogP contribution in [0.25, 0.3) is 10.9 Å². The van der Waals surface area contributed by atoms with Crippen molar-refractivity contribution >= 4 is 67.7 Å². The van der Waals surface area contributed by atoms with Gasteiger partial charge in [-0.2, -0.15) is 5.10 Å². The van der Waals surface area contributed by atoms with Crippen LogP contribution < -0.4 is 26.0 Å². The lowest BCUT2D eigenvalue weighted by atomic mass is 10.1. The summed E-state index contributed by atoms with van der Waals surface area (Å²) < 4.78 is 37.6. The lowest BCUT2D eigenvalue weighted by Gasteiger charge is -2.34. The van der Waals surface area contributed by atoms with E-state index in [1.54, 1.807) is 51.1 Å². The number of fused-ring (bicyclic) bond motifs is 2. The van der Waals surface area contributed by atoms with Crippen LogP contribution in [0.4, 0.5) is 23.3 Å². The molecule has 21 heteroatoms. The molecule has 1 saturated heterocycles. The van der Waals surface area contributed by atoms with Gasteiger partial charge in [0.25, 0.3) is 11.8 Å². The largest absolute Gasteiger partial charge is 0.492 e. The summed E-state index contributed by atoms with van der Waals surface area (Å²) >= 11 is 0. The summed E-state index contributed by atoms with van der Waals surface area (Å²) in [6.45, 7) is 12.5. The molecule has 0 bridgehead atoms. The number of nitrogens with zero attached hydrogens (tertiary/aromatic N) is 8. The van der Waals surface area contributed by atoms with Crippen LogP contribution in [0.1, 0.15) is 77.6 Å². The van der Waals surface area contributed by atoms with Crippen molar-refractivity contribution in [3.8, 4) is 5.75 Å². The van der Waals surface area contributed by atoms with Gasteiger partial charge in [-0.3, -0.25) is 29.2 Å². The van der Waals surface area contributed by atoms with E-state index in [0.717, 1.165) is 24.3 Å². The molecular formula is C43H52N12O8S. The van der Waals surface area contributed by atoms with E-state index in [1.807, 2.05) is 18.7 Å². The number of sulfone groups is 1. The molecule has 0 radical (unpaired) electrons. The number of primary amides is 1. The van der Waals surface area contributed by atoms with Crippen molar-refractivity contribution in [2.45, 2.75) is 76.1 Å². The monoisotopic (exact) mass is 896 g/mol. The van der Waals surface area contributed by atoms with Gasteiger partial charge >= 0.3 is 5.97 Å². The normalized spacial score (nSPS) is 14.9. The van der Waals surface area contributed by atoms with E-state index in [0.29, 0.717) is 71.4 Å². The summed E-state index contributed by atoms with van der Waals surface area (Å²) in [6.07, 6.45) is 4.86. The highest BCUT2D eigenvalue weighted by atomic mass is 32.2. The first-order chi connectivity index (χ1) is 30.5. The van der Waals surface area contributed by atoms with Crippen molar-refractivity contribution in [2.24, 2.45) is 5.73 Å². The first kappa shape index (κ1) is 45.3. The number of esters is 1.